The molecule has 1 saturated heterocycles. The van der Waals surface area contributed by atoms with Crippen LogP contribution in [0.1, 0.15) is 17.9 Å². The molecule has 3 nitrogen and oxygen atoms in total. The summed E-state index contributed by atoms with van der Waals surface area (Å²) in [6, 6.07) is 7.53. The Kier molecular flexibility index (Phi) is 2.86. The van der Waals surface area contributed by atoms with E-state index < -0.39 is 0 Å². The van der Waals surface area contributed by atoms with E-state index in [4.69, 9.17) is 0 Å². The van der Waals surface area contributed by atoms with Gasteiger partial charge in [-0.25, -0.2) is 0 Å². The van der Waals surface area contributed by atoms with Crippen molar-refractivity contribution in [3.05, 3.63) is 34.3 Å². The third kappa shape index (κ3) is 2.09. The number of hydrogen-bond donors (Lipinski definition) is 1. The van der Waals surface area contributed by atoms with Gasteiger partial charge in [-0.3, -0.25) is 9.59 Å². The van der Waals surface area contributed by atoms with Gasteiger partial charge in [0.15, 0.2) is 5.78 Å². The van der Waals surface area contributed by atoms with Gasteiger partial charge in [-0.2, -0.15) is 0 Å². The molecule has 1 atom stereocenters. The second-order valence-electron chi connectivity index (χ2n) is 3.52. The number of rotatable bonds is 1. The lowest BCUT2D eigenvalue weighted by Crippen LogP contribution is -2.40. The molecule has 0 radical (unpaired) electrons. The molecule has 1 amide bonds. The largest absolute Gasteiger partial charge is 0.349 e. The normalized spacial score (nSPS) is 21.3. The van der Waals surface area contributed by atoms with Gasteiger partial charge >= 0.3 is 0 Å². The molecule has 1 fully saturated rings. The zero-order valence-electron chi connectivity index (χ0n) is 8.00. The summed E-state index contributed by atoms with van der Waals surface area (Å²) in [5.41, 5.74) is 0.900. The molecule has 0 bridgehead atoms. The van der Waals surface area contributed by atoms with Crippen LogP contribution in [-0.2, 0) is 9.59 Å². The quantitative estimate of drug-likeness (QED) is 0.841. The summed E-state index contributed by atoms with van der Waals surface area (Å²) in [4.78, 5) is 22.9. The van der Waals surface area contributed by atoms with Gasteiger partial charge in [0.25, 0.3) is 0 Å². The number of ketones is 1. The van der Waals surface area contributed by atoms with Crippen LogP contribution in [0.4, 0.5) is 0 Å². The van der Waals surface area contributed by atoms with E-state index in [0.717, 1.165) is 10.0 Å². The Morgan fingerprint density at radius 3 is 2.73 bits per heavy atom. The molecule has 1 aromatic rings. The van der Waals surface area contributed by atoms with Crippen LogP contribution in [-0.4, -0.2) is 18.2 Å². The van der Waals surface area contributed by atoms with E-state index in [-0.39, 0.29) is 30.6 Å². The number of carbonyl (C=O) groups excluding carboxylic acids is 2. The van der Waals surface area contributed by atoms with Gasteiger partial charge < -0.3 is 5.32 Å². The number of amides is 1. The van der Waals surface area contributed by atoms with Crippen LogP contribution in [0.25, 0.3) is 0 Å². The molecule has 1 N–H and O–H groups in total. The lowest BCUT2D eigenvalue weighted by atomic mass is 9.89. The van der Waals surface area contributed by atoms with Crippen molar-refractivity contribution in [3.8, 4) is 0 Å². The Morgan fingerprint density at radius 2 is 2.00 bits per heavy atom. The fraction of sp³-hybridized carbons (Fsp3) is 0.273. The average Bonchev–Trinajstić information content (AvgIpc) is 2.23. The molecule has 15 heavy (non-hydrogen) atoms. The van der Waals surface area contributed by atoms with Crippen molar-refractivity contribution in [2.75, 3.05) is 6.54 Å². The molecule has 1 aromatic carbocycles. The Hall–Kier alpha value is -1.16. The van der Waals surface area contributed by atoms with Crippen LogP contribution in [0, 0.1) is 0 Å². The predicted molar refractivity (Wildman–Crippen MR) is 59.5 cm³/mol. The molecule has 1 aliphatic rings. The highest BCUT2D eigenvalue weighted by molar-refractivity contribution is 9.10. The van der Waals surface area contributed by atoms with Crippen LogP contribution in [0.2, 0.25) is 0 Å². The van der Waals surface area contributed by atoms with Gasteiger partial charge in [-0.1, -0.05) is 34.1 Å². The molecule has 0 aliphatic carbocycles. The topological polar surface area (TPSA) is 46.2 Å². The van der Waals surface area contributed by atoms with Crippen LogP contribution in [0.3, 0.4) is 0 Å². The summed E-state index contributed by atoms with van der Waals surface area (Å²) in [6.07, 6.45) is 0.251. The number of halogens is 1. The van der Waals surface area contributed by atoms with Crippen molar-refractivity contribution in [1.82, 2.24) is 5.32 Å². The van der Waals surface area contributed by atoms with E-state index in [1.54, 1.807) is 0 Å². The maximum atomic E-state index is 11.7. The van der Waals surface area contributed by atoms with Gasteiger partial charge in [0, 0.05) is 10.9 Å². The van der Waals surface area contributed by atoms with Crippen molar-refractivity contribution in [2.24, 2.45) is 0 Å². The average molecular weight is 268 g/mol. The van der Waals surface area contributed by atoms with Gasteiger partial charge in [0.05, 0.1) is 12.5 Å². The number of hydrogen-bond acceptors (Lipinski definition) is 2. The van der Waals surface area contributed by atoms with Gasteiger partial charge in [0.2, 0.25) is 5.91 Å². The summed E-state index contributed by atoms with van der Waals surface area (Å²) >= 11 is 3.40. The second-order valence-corrected chi connectivity index (χ2v) is 4.38. The van der Waals surface area contributed by atoms with E-state index >= 15 is 0 Å². The van der Waals surface area contributed by atoms with E-state index in [0.29, 0.717) is 0 Å². The monoisotopic (exact) mass is 267 g/mol. The molecule has 0 aromatic heterocycles. The second kappa shape index (κ2) is 4.14. The van der Waals surface area contributed by atoms with Crippen molar-refractivity contribution in [2.45, 2.75) is 12.3 Å². The van der Waals surface area contributed by atoms with Crippen molar-refractivity contribution >= 4 is 27.6 Å². The minimum absolute atomic E-state index is 0.0599. The zero-order chi connectivity index (χ0) is 10.8. The Morgan fingerprint density at radius 1 is 1.27 bits per heavy atom. The van der Waals surface area contributed by atoms with E-state index in [1.807, 2.05) is 24.3 Å². The number of nitrogens with one attached hydrogen (secondary N) is 1. The summed E-state index contributed by atoms with van der Waals surface area (Å²) < 4.78 is 0.887. The molecule has 1 aliphatic heterocycles. The molecular weight excluding hydrogens is 258 g/mol. The molecule has 2 rings (SSSR count). The molecule has 0 spiro atoms. The molecule has 1 heterocycles. The summed E-state index contributed by atoms with van der Waals surface area (Å²) in [6.45, 7) is 0.144. The summed E-state index contributed by atoms with van der Waals surface area (Å²) in [5, 5.41) is 2.55. The predicted octanol–water partition coefficient (Wildman–Crippen LogP) is 1.62. The number of carbonyl (C=O) groups is 2. The summed E-state index contributed by atoms with van der Waals surface area (Å²) in [5.74, 6) is -0.286. The SMILES string of the molecule is O=C1CC(c2ccccc2Br)C(=O)CN1. The van der Waals surface area contributed by atoms with Crippen molar-refractivity contribution < 1.29 is 9.59 Å². The van der Waals surface area contributed by atoms with Crippen LogP contribution < -0.4 is 5.32 Å². The van der Waals surface area contributed by atoms with Crippen LogP contribution in [0.15, 0.2) is 28.7 Å². The van der Waals surface area contributed by atoms with Gasteiger partial charge in [-0.15, -0.1) is 0 Å². The van der Waals surface area contributed by atoms with Gasteiger partial charge in [0.1, 0.15) is 0 Å². The lowest BCUT2D eigenvalue weighted by Gasteiger charge is -2.21. The van der Waals surface area contributed by atoms with Crippen LogP contribution >= 0.6 is 15.9 Å². The van der Waals surface area contributed by atoms with E-state index in [2.05, 4.69) is 21.2 Å². The summed E-state index contributed by atoms with van der Waals surface area (Å²) in [7, 11) is 0. The molecule has 0 saturated carbocycles. The first-order chi connectivity index (χ1) is 7.18. The zero-order valence-corrected chi connectivity index (χ0v) is 9.58. The first kappa shape index (κ1) is 10.4. The first-order valence-electron chi connectivity index (χ1n) is 4.72. The Bertz CT molecular complexity index is 417. The molecule has 4 heteroatoms. The molecular formula is C11H10BrNO2. The first-order valence-corrected chi connectivity index (χ1v) is 5.51. The third-order valence-electron chi connectivity index (χ3n) is 2.52. The van der Waals surface area contributed by atoms with Crippen molar-refractivity contribution in [3.63, 3.8) is 0 Å². The van der Waals surface area contributed by atoms with Crippen molar-refractivity contribution in [1.29, 1.82) is 0 Å². The minimum atomic E-state index is -0.297. The Labute approximate surface area is 96.0 Å². The fourth-order valence-electron chi connectivity index (χ4n) is 1.72. The fourth-order valence-corrected chi connectivity index (χ4v) is 2.28. The third-order valence-corrected chi connectivity index (χ3v) is 3.24. The van der Waals surface area contributed by atoms with Crippen LogP contribution in [0.5, 0.6) is 0 Å². The molecule has 78 valence electrons. The van der Waals surface area contributed by atoms with E-state index in [9.17, 15) is 9.59 Å². The maximum absolute atomic E-state index is 11.7. The number of Topliss-reactive ketones (excluding diaryl/α,β-unsaturated/α-hetero) is 1. The maximum Gasteiger partial charge on any atom is 0.221 e. The minimum Gasteiger partial charge on any atom is -0.349 e. The highest BCUT2D eigenvalue weighted by Gasteiger charge is 2.29. The Balaban J connectivity index is 2.33. The lowest BCUT2D eigenvalue weighted by molar-refractivity contribution is -0.131. The highest BCUT2D eigenvalue weighted by atomic mass is 79.9. The molecule has 1 unspecified atom stereocenters. The smallest absolute Gasteiger partial charge is 0.221 e. The standard InChI is InChI=1S/C11H10BrNO2/c12-9-4-2-1-3-7(9)8-5-11(15)13-6-10(8)14/h1-4,8H,5-6H2,(H,13,15). The highest BCUT2D eigenvalue weighted by Crippen LogP contribution is 2.29. The number of benzene rings is 1. The number of piperidine rings is 1. The van der Waals surface area contributed by atoms with E-state index in [1.165, 1.54) is 0 Å². The van der Waals surface area contributed by atoms with Gasteiger partial charge in [-0.05, 0) is 11.6 Å².